The molecule has 0 radical (unpaired) electrons. The molecule has 0 unspecified atom stereocenters. The number of carboxylic acid groups (broad SMARTS) is 1. The number of ether oxygens (including phenoxy) is 1. The summed E-state index contributed by atoms with van der Waals surface area (Å²) in [5.41, 5.74) is -1.50. The highest BCUT2D eigenvalue weighted by atomic mass is 127. The van der Waals surface area contributed by atoms with Gasteiger partial charge in [-0.15, -0.1) is 6.58 Å². The second-order valence-electron chi connectivity index (χ2n) is 4.61. The van der Waals surface area contributed by atoms with Crippen LogP contribution in [0.1, 0.15) is 15.9 Å². The number of carboxylic acids is 1. The molecule has 0 spiro atoms. The molecule has 1 aromatic rings. The summed E-state index contributed by atoms with van der Waals surface area (Å²) in [6, 6.07) is 0.966. The maximum Gasteiger partial charge on any atom is 0.337 e. The fraction of sp³-hybridized carbons (Fsp3) is 0.125. The van der Waals surface area contributed by atoms with E-state index in [2.05, 4.69) is 11.9 Å². The lowest BCUT2D eigenvalue weighted by atomic mass is 10.1. The largest absolute Gasteiger partial charge is 0.478 e. The van der Waals surface area contributed by atoms with Crippen LogP contribution in [-0.2, 0) is 11.3 Å². The Morgan fingerprint density at radius 2 is 2.12 bits per heavy atom. The van der Waals surface area contributed by atoms with Gasteiger partial charge in [0, 0.05) is 9.58 Å². The highest BCUT2D eigenvalue weighted by molar-refractivity contribution is 14.2. The first-order valence-electron chi connectivity index (χ1n) is 6.67. The molecule has 8 heteroatoms. The van der Waals surface area contributed by atoms with Crippen molar-refractivity contribution in [1.29, 1.82) is 0 Å². The van der Waals surface area contributed by atoms with Crippen molar-refractivity contribution in [3.63, 3.8) is 0 Å². The van der Waals surface area contributed by atoms with Crippen molar-refractivity contribution in [1.82, 2.24) is 0 Å². The molecule has 0 atom stereocenters. The zero-order valence-corrected chi connectivity index (χ0v) is 14.4. The fourth-order valence-corrected chi connectivity index (χ4v) is 3.32. The summed E-state index contributed by atoms with van der Waals surface area (Å²) >= 11 is -0.565. The number of benzene rings is 1. The minimum absolute atomic E-state index is 0.102. The van der Waals surface area contributed by atoms with Crippen molar-refractivity contribution in [3.05, 3.63) is 63.2 Å². The Morgan fingerprint density at radius 1 is 1.38 bits per heavy atom. The zero-order chi connectivity index (χ0) is 17.7. The molecule has 1 aliphatic heterocycles. The minimum Gasteiger partial charge on any atom is -0.478 e. The average molecular weight is 451 g/mol. The monoisotopic (exact) mass is 451 g/mol. The van der Waals surface area contributed by atoms with Crippen LogP contribution in [0.3, 0.4) is 0 Å². The molecule has 0 aromatic heterocycles. The molecule has 0 bridgehead atoms. The molecule has 1 aromatic carbocycles. The Labute approximate surface area is 146 Å². The summed E-state index contributed by atoms with van der Waals surface area (Å²) in [6.45, 7) is 3.21. The Balaban J connectivity index is 2.45. The van der Waals surface area contributed by atoms with E-state index in [1.54, 1.807) is 4.08 Å². The molecule has 2 N–H and O–H groups in total. The molecule has 1 aliphatic rings. The average Bonchev–Trinajstić information content (AvgIpc) is 2.55. The third-order valence-electron chi connectivity index (χ3n) is 2.98. The quantitative estimate of drug-likeness (QED) is 0.370. The van der Waals surface area contributed by atoms with Crippen LogP contribution in [0.4, 0.5) is 18.9 Å². The number of hydrogen-bond donors (Lipinski definition) is 2. The van der Waals surface area contributed by atoms with Gasteiger partial charge in [0.2, 0.25) is 0 Å². The van der Waals surface area contributed by atoms with E-state index in [1.807, 2.05) is 0 Å². The van der Waals surface area contributed by atoms with Crippen LogP contribution in [0.25, 0.3) is 0 Å². The predicted molar refractivity (Wildman–Crippen MR) is 94.2 cm³/mol. The first-order chi connectivity index (χ1) is 11.5. The maximum absolute atomic E-state index is 14.3. The van der Waals surface area contributed by atoms with Gasteiger partial charge < -0.3 is 15.2 Å². The van der Waals surface area contributed by atoms with Gasteiger partial charge in [-0.3, -0.25) is 0 Å². The fourth-order valence-electron chi connectivity index (χ4n) is 1.89. The van der Waals surface area contributed by atoms with Crippen molar-refractivity contribution >= 4 is 36.4 Å². The molecule has 0 saturated heterocycles. The van der Waals surface area contributed by atoms with Crippen LogP contribution in [-0.4, -0.2) is 21.7 Å². The van der Waals surface area contributed by atoms with Gasteiger partial charge in [-0.2, -0.15) is 0 Å². The van der Waals surface area contributed by atoms with Gasteiger partial charge in [-0.25, -0.2) is 18.0 Å². The summed E-state index contributed by atoms with van der Waals surface area (Å²) in [4.78, 5) is 11.4. The van der Waals surface area contributed by atoms with Crippen LogP contribution < -0.4 is 5.32 Å². The lowest BCUT2D eigenvalue weighted by molar-refractivity contribution is 0.0697. The number of halogens is 4. The van der Waals surface area contributed by atoms with Crippen LogP contribution >= 0.6 is 20.7 Å². The van der Waals surface area contributed by atoms with Gasteiger partial charge in [0.25, 0.3) is 0 Å². The van der Waals surface area contributed by atoms with Crippen LogP contribution in [0.5, 0.6) is 0 Å². The Bertz CT molecular complexity index is 772. The van der Waals surface area contributed by atoms with E-state index in [4.69, 9.17) is 4.74 Å². The first-order valence-corrected chi connectivity index (χ1v) is 9.16. The van der Waals surface area contributed by atoms with Gasteiger partial charge in [0.15, 0.2) is 17.5 Å². The molecular weight excluding hydrogens is 438 g/mol. The molecule has 1 heterocycles. The summed E-state index contributed by atoms with van der Waals surface area (Å²) in [6.07, 6.45) is 2.80. The normalized spacial score (nSPS) is 13.6. The van der Waals surface area contributed by atoms with E-state index >= 15 is 0 Å². The summed E-state index contributed by atoms with van der Waals surface area (Å²) in [5.74, 6) is -4.75. The molecular formula is C16H13F3INO3. The van der Waals surface area contributed by atoms with Crippen molar-refractivity contribution in [2.24, 2.45) is 0 Å². The first kappa shape index (κ1) is 18.4. The van der Waals surface area contributed by atoms with Gasteiger partial charge in [-0.05, 0) is 16.2 Å². The Morgan fingerprint density at radius 3 is 2.75 bits per heavy atom. The Kier molecular flexibility index (Phi) is 6.32. The summed E-state index contributed by atoms with van der Waals surface area (Å²) < 4.78 is 50.3. The zero-order valence-electron chi connectivity index (χ0n) is 12.3. The standard InChI is InChI=1S/C16H13F3INO3/c1-2-5-24-8-9-6-10(16(22)23)15(14(19)13(9)18)21-12-3-4-20-7-11(12)17/h2-4,6-7,21H,1,5,8H2,(H,22,23). The van der Waals surface area contributed by atoms with Gasteiger partial charge in [-0.1, -0.05) is 26.8 Å². The highest BCUT2D eigenvalue weighted by Crippen LogP contribution is 2.29. The molecule has 24 heavy (non-hydrogen) atoms. The topological polar surface area (TPSA) is 58.6 Å². The van der Waals surface area contributed by atoms with Gasteiger partial charge in [0.1, 0.15) is 0 Å². The van der Waals surface area contributed by atoms with E-state index in [1.165, 1.54) is 16.2 Å². The third-order valence-corrected chi connectivity index (χ3v) is 4.67. The SMILES string of the molecule is C=CCOCc1cc(C(=O)O)c(NC2=C(F)C=IC=C2)c(F)c1F. The van der Waals surface area contributed by atoms with E-state index in [-0.39, 0.29) is 24.5 Å². The van der Waals surface area contributed by atoms with E-state index in [0.29, 0.717) is 0 Å². The molecule has 4 nitrogen and oxygen atoms in total. The number of aromatic carboxylic acids is 1. The summed E-state index contributed by atoms with van der Waals surface area (Å²) in [7, 11) is 0. The smallest absolute Gasteiger partial charge is 0.337 e. The van der Waals surface area contributed by atoms with E-state index in [0.717, 1.165) is 6.07 Å². The second-order valence-corrected chi connectivity index (χ2v) is 6.67. The lowest BCUT2D eigenvalue weighted by Crippen LogP contribution is -2.13. The molecule has 0 saturated carbocycles. The second kappa shape index (κ2) is 8.25. The lowest BCUT2D eigenvalue weighted by Gasteiger charge is -2.15. The van der Waals surface area contributed by atoms with Crippen LogP contribution in [0, 0.1) is 11.6 Å². The number of hydrogen-bond acceptors (Lipinski definition) is 3. The number of anilines is 1. The predicted octanol–water partition coefficient (Wildman–Crippen LogP) is 4.26. The molecule has 0 fully saturated rings. The van der Waals surface area contributed by atoms with Gasteiger partial charge in [0.05, 0.1) is 30.2 Å². The van der Waals surface area contributed by atoms with Crippen molar-refractivity contribution in [2.75, 3.05) is 11.9 Å². The molecule has 0 amide bonds. The highest BCUT2D eigenvalue weighted by Gasteiger charge is 2.23. The molecule has 2 rings (SSSR count). The van der Waals surface area contributed by atoms with E-state index < -0.39 is 55.4 Å². The maximum atomic E-state index is 14.3. The molecule has 128 valence electrons. The Hall–Kier alpha value is -1.94. The number of rotatable bonds is 7. The number of carbonyl (C=O) groups is 1. The number of allylic oxidation sites excluding steroid dienone is 2. The van der Waals surface area contributed by atoms with Crippen molar-refractivity contribution in [2.45, 2.75) is 6.61 Å². The third kappa shape index (κ3) is 4.12. The van der Waals surface area contributed by atoms with Gasteiger partial charge >= 0.3 is 5.97 Å². The molecule has 0 aliphatic carbocycles. The van der Waals surface area contributed by atoms with E-state index in [9.17, 15) is 23.1 Å². The van der Waals surface area contributed by atoms with Crippen LogP contribution in [0.2, 0.25) is 0 Å². The van der Waals surface area contributed by atoms with Crippen molar-refractivity contribution in [3.8, 4) is 0 Å². The summed E-state index contributed by atoms with van der Waals surface area (Å²) in [5, 5.41) is 11.6. The van der Waals surface area contributed by atoms with Crippen LogP contribution in [0.15, 0.2) is 40.4 Å². The number of nitrogens with one attached hydrogen (secondary N) is 1. The minimum atomic E-state index is -1.47. The van der Waals surface area contributed by atoms with Crippen molar-refractivity contribution < 1.29 is 27.8 Å².